The minimum absolute atomic E-state index is 0.0744. The SMILES string of the molecule is CC(=O)N[C@@](C)(CCC=C(C)C)[C@H]1CC=C(C)CC1. The molecule has 2 heteroatoms. The molecule has 0 aliphatic heterocycles. The van der Waals surface area contributed by atoms with E-state index in [1.165, 1.54) is 24.0 Å². The van der Waals surface area contributed by atoms with Crippen molar-refractivity contribution in [2.45, 2.75) is 72.3 Å². The van der Waals surface area contributed by atoms with E-state index >= 15 is 0 Å². The topological polar surface area (TPSA) is 29.1 Å². The highest BCUT2D eigenvalue weighted by atomic mass is 16.1. The maximum atomic E-state index is 11.5. The van der Waals surface area contributed by atoms with Gasteiger partial charge in [0, 0.05) is 12.5 Å². The minimum Gasteiger partial charge on any atom is -0.351 e. The van der Waals surface area contributed by atoms with Crippen LogP contribution in [-0.4, -0.2) is 11.4 Å². The molecule has 1 aliphatic carbocycles. The van der Waals surface area contributed by atoms with Crippen LogP contribution in [0.1, 0.15) is 66.7 Å². The van der Waals surface area contributed by atoms with E-state index in [2.05, 4.69) is 45.2 Å². The van der Waals surface area contributed by atoms with Gasteiger partial charge in [0.15, 0.2) is 0 Å². The quantitative estimate of drug-likeness (QED) is 0.733. The zero-order valence-electron chi connectivity index (χ0n) is 13.2. The van der Waals surface area contributed by atoms with E-state index < -0.39 is 0 Å². The molecule has 0 bridgehead atoms. The summed E-state index contributed by atoms with van der Waals surface area (Å²) in [6.07, 6.45) is 10.1. The molecule has 0 unspecified atom stereocenters. The smallest absolute Gasteiger partial charge is 0.217 e. The van der Waals surface area contributed by atoms with Gasteiger partial charge in [-0.15, -0.1) is 0 Å². The lowest BCUT2D eigenvalue weighted by Crippen LogP contribution is -2.51. The molecule has 1 amide bonds. The summed E-state index contributed by atoms with van der Waals surface area (Å²) in [5, 5.41) is 3.22. The van der Waals surface area contributed by atoms with Crippen molar-refractivity contribution in [3.05, 3.63) is 23.3 Å². The standard InChI is InChI=1S/C17H29NO/c1-13(2)7-6-12-17(5,18-15(4)19)16-10-8-14(3)9-11-16/h7-8,16H,6,9-12H2,1-5H3,(H,18,19)/t16-,17-/m0/s1. The van der Waals surface area contributed by atoms with Crippen molar-refractivity contribution in [2.24, 2.45) is 5.92 Å². The number of amides is 1. The van der Waals surface area contributed by atoms with Gasteiger partial charge >= 0.3 is 0 Å². The Kier molecular flexibility index (Phi) is 5.84. The number of rotatable bonds is 5. The summed E-state index contributed by atoms with van der Waals surface area (Å²) in [6.45, 7) is 10.3. The lowest BCUT2D eigenvalue weighted by Gasteiger charge is -2.40. The predicted octanol–water partition coefficient (Wildman–Crippen LogP) is 4.37. The van der Waals surface area contributed by atoms with Crippen LogP contribution in [0.25, 0.3) is 0 Å². The maximum Gasteiger partial charge on any atom is 0.217 e. The fourth-order valence-corrected chi connectivity index (χ4v) is 2.98. The second kappa shape index (κ2) is 6.93. The first-order valence-corrected chi connectivity index (χ1v) is 7.41. The number of nitrogens with one attached hydrogen (secondary N) is 1. The van der Waals surface area contributed by atoms with E-state index in [0.29, 0.717) is 5.92 Å². The summed E-state index contributed by atoms with van der Waals surface area (Å²) in [5.41, 5.74) is 2.77. The Morgan fingerprint density at radius 2 is 2.16 bits per heavy atom. The lowest BCUT2D eigenvalue weighted by molar-refractivity contribution is -0.121. The van der Waals surface area contributed by atoms with Crippen molar-refractivity contribution < 1.29 is 4.79 Å². The van der Waals surface area contributed by atoms with E-state index in [1.807, 2.05) is 0 Å². The molecule has 0 aromatic carbocycles. The van der Waals surface area contributed by atoms with Crippen molar-refractivity contribution in [1.29, 1.82) is 0 Å². The Labute approximate surface area is 118 Å². The second-order valence-corrected chi connectivity index (χ2v) is 6.44. The lowest BCUT2D eigenvalue weighted by atomic mass is 9.74. The fraction of sp³-hybridized carbons (Fsp3) is 0.706. The van der Waals surface area contributed by atoms with Crippen molar-refractivity contribution in [1.82, 2.24) is 5.32 Å². The van der Waals surface area contributed by atoms with Crippen LogP contribution in [0.15, 0.2) is 23.3 Å². The normalized spacial score (nSPS) is 22.2. The first-order chi connectivity index (χ1) is 8.83. The van der Waals surface area contributed by atoms with Gasteiger partial charge in [0.1, 0.15) is 0 Å². The molecule has 1 N–H and O–H groups in total. The highest BCUT2D eigenvalue weighted by Gasteiger charge is 2.34. The summed E-state index contributed by atoms with van der Waals surface area (Å²) in [7, 11) is 0. The third kappa shape index (κ3) is 5.22. The molecule has 19 heavy (non-hydrogen) atoms. The third-order valence-corrected chi connectivity index (χ3v) is 4.22. The van der Waals surface area contributed by atoms with Crippen molar-refractivity contribution in [2.75, 3.05) is 0 Å². The van der Waals surface area contributed by atoms with Gasteiger partial charge < -0.3 is 5.32 Å². The Morgan fingerprint density at radius 1 is 1.47 bits per heavy atom. The van der Waals surface area contributed by atoms with E-state index in [1.54, 1.807) is 6.92 Å². The Balaban J connectivity index is 2.74. The average molecular weight is 263 g/mol. The molecular formula is C17H29NO. The third-order valence-electron chi connectivity index (χ3n) is 4.22. The van der Waals surface area contributed by atoms with Crippen molar-refractivity contribution in [3.8, 4) is 0 Å². The van der Waals surface area contributed by atoms with Gasteiger partial charge in [0.2, 0.25) is 5.91 Å². The number of allylic oxidation sites excluding steroid dienone is 4. The van der Waals surface area contributed by atoms with E-state index in [-0.39, 0.29) is 11.4 Å². The first kappa shape index (κ1) is 16.0. The molecular weight excluding hydrogens is 234 g/mol. The van der Waals surface area contributed by atoms with Gasteiger partial charge in [-0.3, -0.25) is 4.79 Å². The van der Waals surface area contributed by atoms with Crippen LogP contribution in [0.2, 0.25) is 0 Å². The molecule has 0 heterocycles. The van der Waals surface area contributed by atoms with Crippen LogP contribution in [0.5, 0.6) is 0 Å². The fourth-order valence-electron chi connectivity index (χ4n) is 2.98. The molecule has 1 rings (SSSR count). The molecule has 0 aromatic heterocycles. The van der Waals surface area contributed by atoms with Gasteiger partial charge in [-0.05, 0) is 65.7 Å². The molecule has 0 radical (unpaired) electrons. The van der Waals surface area contributed by atoms with Crippen LogP contribution >= 0.6 is 0 Å². The highest BCUT2D eigenvalue weighted by molar-refractivity contribution is 5.73. The van der Waals surface area contributed by atoms with Crippen LogP contribution < -0.4 is 5.32 Å². The van der Waals surface area contributed by atoms with Crippen LogP contribution in [-0.2, 0) is 4.79 Å². The highest BCUT2D eigenvalue weighted by Crippen LogP contribution is 2.35. The molecule has 2 nitrogen and oxygen atoms in total. The van der Waals surface area contributed by atoms with Gasteiger partial charge in [0.25, 0.3) is 0 Å². The first-order valence-electron chi connectivity index (χ1n) is 7.41. The molecule has 108 valence electrons. The molecule has 0 saturated heterocycles. The largest absolute Gasteiger partial charge is 0.351 e. The molecule has 0 aromatic rings. The Hall–Kier alpha value is -1.05. The van der Waals surface area contributed by atoms with Gasteiger partial charge in [-0.2, -0.15) is 0 Å². The zero-order chi connectivity index (χ0) is 14.5. The van der Waals surface area contributed by atoms with Gasteiger partial charge in [-0.25, -0.2) is 0 Å². The van der Waals surface area contributed by atoms with Crippen LogP contribution in [0.4, 0.5) is 0 Å². The molecule has 0 spiro atoms. The zero-order valence-corrected chi connectivity index (χ0v) is 13.2. The summed E-state index contributed by atoms with van der Waals surface area (Å²) in [6, 6.07) is 0. The number of carbonyl (C=O) groups is 1. The minimum atomic E-state index is -0.0744. The summed E-state index contributed by atoms with van der Waals surface area (Å²) in [5.74, 6) is 0.650. The molecule has 2 atom stereocenters. The van der Waals surface area contributed by atoms with Crippen LogP contribution in [0, 0.1) is 5.92 Å². The predicted molar refractivity (Wildman–Crippen MR) is 82.0 cm³/mol. The van der Waals surface area contributed by atoms with Gasteiger partial charge in [-0.1, -0.05) is 23.3 Å². The number of hydrogen-bond acceptors (Lipinski definition) is 1. The van der Waals surface area contributed by atoms with E-state index in [9.17, 15) is 4.79 Å². The Bertz CT molecular complexity index is 377. The van der Waals surface area contributed by atoms with Crippen molar-refractivity contribution in [3.63, 3.8) is 0 Å². The summed E-state index contributed by atoms with van der Waals surface area (Å²) >= 11 is 0. The molecule has 0 saturated carbocycles. The van der Waals surface area contributed by atoms with Gasteiger partial charge in [0.05, 0.1) is 0 Å². The summed E-state index contributed by atoms with van der Waals surface area (Å²) in [4.78, 5) is 11.5. The second-order valence-electron chi connectivity index (χ2n) is 6.44. The van der Waals surface area contributed by atoms with Crippen LogP contribution in [0.3, 0.4) is 0 Å². The molecule has 1 aliphatic rings. The monoisotopic (exact) mass is 263 g/mol. The maximum absolute atomic E-state index is 11.5. The average Bonchev–Trinajstić information content (AvgIpc) is 2.28. The molecule has 0 fully saturated rings. The van der Waals surface area contributed by atoms with Crippen molar-refractivity contribution >= 4 is 5.91 Å². The number of carbonyl (C=O) groups excluding carboxylic acids is 1. The number of hydrogen-bond donors (Lipinski definition) is 1. The van der Waals surface area contributed by atoms with E-state index in [0.717, 1.165) is 19.3 Å². The summed E-state index contributed by atoms with van der Waals surface area (Å²) < 4.78 is 0. The Morgan fingerprint density at radius 3 is 2.63 bits per heavy atom. The van der Waals surface area contributed by atoms with E-state index in [4.69, 9.17) is 0 Å².